The topological polar surface area (TPSA) is 83.6 Å². The van der Waals surface area contributed by atoms with Crippen LogP contribution in [0, 0.1) is 0 Å². The molecule has 1 aliphatic carbocycles. The SMILES string of the molecule is CC1(C)C(=O)Cc2cc(Cc3nc4c(N5CCC(O)(C(F)(F)F)CC5)nccn4n3)ccc21. The second-order valence-corrected chi connectivity index (χ2v) is 9.46. The number of alkyl halides is 3. The van der Waals surface area contributed by atoms with Gasteiger partial charge in [0.15, 0.2) is 22.9 Å². The number of halogens is 3. The minimum atomic E-state index is -4.66. The molecule has 5 rings (SSSR count). The van der Waals surface area contributed by atoms with E-state index in [0.717, 1.165) is 16.7 Å². The van der Waals surface area contributed by atoms with Gasteiger partial charge in [0.2, 0.25) is 0 Å². The van der Waals surface area contributed by atoms with Gasteiger partial charge in [0.05, 0.1) is 0 Å². The molecule has 0 saturated carbocycles. The van der Waals surface area contributed by atoms with E-state index in [2.05, 4.69) is 15.1 Å². The van der Waals surface area contributed by atoms with E-state index in [4.69, 9.17) is 0 Å². The maximum atomic E-state index is 13.1. The van der Waals surface area contributed by atoms with Crippen LogP contribution < -0.4 is 4.90 Å². The molecule has 0 amide bonds. The van der Waals surface area contributed by atoms with Crippen LogP contribution in [0.2, 0.25) is 0 Å². The normalized spacial score (nSPS) is 19.8. The second kappa shape index (κ2) is 7.24. The van der Waals surface area contributed by atoms with Crippen molar-refractivity contribution in [3.05, 3.63) is 53.1 Å². The van der Waals surface area contributed by atoms with Crippen molar-refractivity contribution in [3.8, 4) is 0 Å². The zero-order valence-corrected chi connectivity index (χ0v) is 18.4. The fourth-order valence-corrected chi connectivity index (χ4v) is 4.76. The molecule has 0 bridgehead atoms. The quantitative estimate of drug-likeness (QED) is 0.649. The number of hydrogen-bond donors (Lipinski definition) is 1. The van der Waals surface area contributed by atoms with Crippen molar-refractivity contribution in [1.82, 2.24) is 19.6 Å². The van der Waals surface area contributed by atoms with E-state index in [9.17, 15) is 23.1 Å². The average molecular weight is 459 g/mol. The van der Waals surface area contributed by atoms with E-state index < -0.39 is 30.0 Å². The lowest BCUT2D eigenvalue weighted by atomic mass is 9.85. The lowest BCUT2D eigenvalue weighted by Gasteiger charge is -2.39. The Morgan fingerprint density at radius 3 is 2.61 bits per heavy atom. The van der Waals surface area contributed by atoms with E-state index in [-0.39, 0.29) is 18.9 Å². The zero-order chi connectivity index (χ0) is 23.6. The van der Waals surface area contributed by atoms with Crippen LogP contribution in [0.5, 0.6) is 0 Å². The van der Waals surface area contributed by atoms with Gasteiger partial charge in [-0.1, -0.05) is 18.2 Å². The van der Waals surface area contributed by atoms with Gasteiger partial charge in [-0.05, 0) is 30.5 Å². The summed E-state index contributed by atoms with van der Waals surface area (Å²) in [6, 6.07) is 6.00. The molecule has 7 nitrogen and oxygen atoms in total. The minimum Gasteiger partial charge on any atom is -0.380 e. The summed E-state index contributed by atoms with van der Waals surface area (Å²) in [5.74, 6) is 1.20. The van der Waals surface area contributed by atoms with E-state index in [1.807, 2.05) is 32.0 Å². The Balaban J connectivity index is 1.38. The van der Waals surface area contributed by atoms with Crippen LogP contribution in [0.4, 0.5) is 19.0 Å². The van der Waals surface area contributed by atoms with Crippen LogP contribution in [0.1, 0.15) is 49.2 Å². The number of anilines is 1. The molecule has 2 aliphatic rings. The van der Waals surface area contributed by atoms with E-state index in [1.165, 1.54) is 6.20 Å². The highest BCUT2D eigenvalue weighted by Gasteiger charge is 2.54. The van der Waals surface area contributed by atoms with Gasteiger partial charge in [0.1, 0.15) is 5.78 Å². The summed E-state index contributed by atoms with van der Waals surface area (Å²) in [6.45, 7) is 3.91. The molecule has 0 spiro atoms. The largest absolute Gasteiger partial charge is 0.417 e. The summed E-state index contributed by atoms with van der Waals surface area (Å²) in [5.41, 5.74) is 0.383. The van der Waals surface area contributed by atoms with Crippen molar-refractivity contribution in [2.75, 3.05) is 18.0 Å². The third-order valence-corrected chi connectivity index (χ3v) is 6.95. The third kappa shape index (κ3) is 3.56. The first-order valence-corrected chi connectivity index (χ1v) is 10.9. The monoisotopic (exact) mass is 459 g/mol. The summed E-state index contributed by atoms with van der Waals surface area (Å²) >= 11 is 0. The Hall–Kier alpha value is -3.01. The fraction of sp³-hybridized carbons (Fsp3) is 0.478. The fourth-order valence-electron chi connectivity index (χ4n) is 4.76. The minimum absolute atomic E-state index is 0.0134. The molecule has 1 N–H and O–H groups in total. The number of Topliss-reactive ketones (excluding diaryl/α,β-unsaturated/α-hetero) is 1. The molecule has 2 aromatic heterocycles. The van der Waals surface area contributed by atoms with Crippen LogP contribution in [-0.2, 0) is 23.1 Å². The number of aliphatic hydroxyl groups is 1. The van der Waals surface area contributed by atoms with Crippen molar-refractivity contribution >= 4 is 17.2 Å². The summed E-state index contributed by atoms with van der Waals surface area (Å²) in [6.07, 6.45) is -1.45. The molecule has 3 aromatic rings. The number of fused-ring (bicyclic) bond motifs is 2. The van der Waals surface area contributed by atoms with Gasteiger partial charge in [-0.15, -0.1) is 0 Å². The number of piperidine rings is 1. The highest BCUT2D eigenvalue weighted by molar-refractivity contribution is 5.95. The number of carbonyl (C=O) groups is 1. The van der Waals surface area contributed by atoms with Crippen LogP contribution in [0.25, 0.3) is 5.65 Å². The third-order valence-electron chi connectivity index (χ3n) is 6.95. The standard InChI is InChI=1S/C23H24F3N5O2/c1-21(2)16-4-3-14(11-15(16)13-17(21)32)12-18-28-20-19(27-7-10-31(20)29-18)30-8-5-22(33,6-9-30)23(24,25)26/h3-4,7,10-11,33H,5-6,8-9,12-13H2,1-2H3. The summed E-state index contributed by atoms with van der Waals surface area (Å²) in [5, 5.41) is 14.5. The van der Waals surface area contributed by atoms with Gasteiger partial charge < -0.3 is 10.0 Å². The van der Waals surface area contributed by atoms with Crippen LogP contribution >= 0.6 is 0 Å². The molecule has 1 aliphatic heterocycles. The number of hydrogen-bond acceptors (Lipinski definition) is 6. The second-order valence-electron chi connectivity index (χ2n) is 9.46. The van der Waals surface area contributed by atoms with Gasteiger partial charge in [0, 0.05) is 56.6 Å². The Bertz CT molecular complexity index is 1240. The maximum absolute atomic E-state index is 13.1. The number of benzene rings is 1. The molecule has 1 aromatic carbocycles. The molecule has 0 unspecified atom stereocenters. The van der Waals surface area contributed by atoms with Crippen molar-refractivity contribution < 1.29 is 23.1 Å². The number of nitrogens with zero attached hydrogens (tertiary/aromatic N) is 5. The van der Waals surface area contributed by atoms with Crippen molar-refractivity contribution in [2.24, 2.45) is 0 Å². The summed E-state index contributed by atoms with van der Waals surface area (Å²) in [7, 11) is 0. The van der Waals surface area contributed by atoms with Crippen molar-refractivity contribution in [2.45, 2.75) is 56.7 Å². The first-order chi connectivity index (χ1) is 15.5. The smallest absolute Gasteiger partial charge is 0.380 e. The van der Waals surface area contributed by atoms with Gasteiger partial charge in [-0.25, -0.2) is 14.5 Å². The summed E-state index contributed by atoms with van der Waals surface area (Å²) < 4.78 is 41.0. The first kappa shape index (κ1) is 21.8. The van der Waals surface area contributed by atoms with E-state index in [1.54, 1.807) is 15.6 Å². The number of aromatic nitrogens is 4. The predicted molar refractivity (Wildman–Crippen MR) is 114 cm³/mol. The van der Waals surface area contributed by atoms with Crippen molar-refractivity contribution in [1.29, 1.82) is 0 Å². The van der Waals surface area contributed by atoms with Gasteiger partial charge in [0.25, 0.3) is 0 Å². The Labute approximate surface area is 188 Å². The zero-order valence-electron chi connectivity index (χ0n) is 18.4. The number of carbonyl (C=O) groups excluding carboxylic acids is 1. The molecule has 1 fully saturated rings. The lowest BCUT2D eigenvalue weighted by Crippen LogP contribution is -2.53. The molecule has 10 heteroatoms. The average Bonchev–Trinajstić information content (AvgIpc) is 3.25. The van der Waals surface area contributed by atoms with Gasteiger partial charge >= 0.3 is 6.18 Å². The van der Waals surface area contributed by atoms with Crippen LogP contribution in [0.3, 0.4) is 0 Å². The van der Waals surface area contributed by atoms with Crippen molar-refractivity contribution in [3.63, 3.8) is 0 Å². The molecule has 174 valence electrons. The maximum Gasteiger partial charge on any atom is 0.417 e. The lowest BCUT2D eigenvalue weighted by molar-refractivity contribution is -0.266. The molecule has 1 saturated heterocycles. The molecule has 0 radical (unpaired) electrons. The number of rotatable bonds is 3. The highest BCUT2D eigenvalue weighted by atomic mass is 19.4. The molecular formula is C23H24F3N5O2. The van der Waals surface area contributed by atoms with Crippen LogP contribution in [-0.4, -0.2) is 55.3 Å². The first-order valence-electron chi connectivity index (χ1n) is 10.9. The van der Waals surface area contributed by atoms with Crippen LogP contribution in [0.15, 0.2) is 30.6 Å². The Kier molecular flexibility index (Phi) is 4.79. The molecule has 0 atom stereocenters. The Morgan fingerprint density at radius 1 is 1.18 bits per heavy atom. The van der Waals surface area contributed by atoms with E-state index >= 15 is 0 Å². The molecule has 3 heterocycles. The van der Waals surface area contributed by atoms with Gasteiger partial charge in [-0.2, -0.15) is 18.3 Å². The Morgan fingerprint density at radius 2 is 1.91 bits per heavy atom. The van der Waals surface area contributed by atoms with E-state index in [0.29, 0.717) is 30.1 Å². The summed E-state index contributed by atoms with van der Waals surface area (Å²) in [4.78, 5) is 22.9. The predicted octanol–water partition coefficient (Wildman–Crippen LogP) is 3.01. The molecule has 33 heavy (non-hydrogen) atoms. The van der Waals surface area contributed by atoms with Gasteiger partial charge in [-0.3, -0.25) is 4.79 Å². The number of ketones is 1. The highest BCUT2D eigenvalue weighted by Crippen LogP contribution is 2.39. The molecular weight excluding hydrogens is 435 g/mol.